The summed E-state index contributed by atoms with van der Waals surface area (Å²) in [7, 11) is 1.64. The number of morpholine rings is 1. The highest BCUT2D eigenvalue weighted by Crippen LogP contribution is 2.31. The van der Waals surface area contributed by atoms with E-state index in [4.69, 9.17) is 14.5 Å². The van der Waals surface area contributed by atoms with Gasteiger partial charge in [-0.15, -0.1) is 0 Å². The minimum Gasteiger partial charge on any atom is -0.465 e. The zero-order chi connectivity index (χ0) is 33.4. The quantitative estimate of drug-likeness (QED) is 0.349. The molecule has 4 heterocycles. The molecule has 2 aliphatic heterocycles. The summed E-state index contributed by atoms with van der Waals surface area (Å²) < 4.78 is 10.9. The number of nitrogens with zero attached hydrogens (tertiary/aromatic N) is 6. The first-order valence-corrected chi connectivity index (χ1v) is 16.1. The van der Waals surface area contributed by atoms with Crippen molar-refractivity contribution in [3.8, 4) is 0 Å². The van der Waals surface area contributed by atoms with Gasteiger partial charge >= 0.3 is 6.09 Å². The normalized spacial score (nSPS) is 20.5. The van der Waals surface area contributed by atoms with Gasteiger partial charge in [-0.3, -0.25) is 14.6 Å². The highest BCUT2D eigenvalue weighted by Gasteiger charge is 2.42. The molecule has 13 nitrogen and oxygen atoms in total. The number of carbonyl (C=O) groups excluding carboxylic acids is 2. The number of anilines is 1. The van der Waals surface area contributed by atoms with E-state index in [1.165, 1.54) is 4.90 Å². The Bertz CT molecular complexity index is 1340. The molecule has 0 radical (unpaired) electrons. The number of carboxylic acid groups (broad SMARTS) is 1. The van der Waals surface area contributed by atoms with Gasteiger partial charge in [-0.05, 0) is 30.4 Å². The Morgan fingerprint density at radius 2 is 2.00 bits per heavy atom. The molecule has 4 rings (SSSR count). The molecule has 0 spiro atoms. The molecule has 1 unspecified atom stereocenters. The van der Waals surface area contributed by atoms with E-state index >= 15 is 0 Å². The maximum atomic E-state index is 14.4. The lowest BCUT2D eigenvalue weighted by molar-refractivity contribution is -0.147. The van der Waals surface area contributed by atoms with Crippen molar-refractivity contribution in [2.24, 2.45) is 11.8 Å². The van der Waals surface area contributed by atoms with Gasteiger partial charge in [-0.2, -0.15) is 0 Å². The van der Waals surface area contributed by atoms with Gasteiger partial charge in [0.1, 0.15) is 17.2 Å². The molecule has 2 fully saturated rings. The van der Waals surface area contributed by atoms with Gasteiger partial charge in [0.2, 0.25) is 5.91 Å². The average Bonchev–Trinajstić information content (AvgIpc) is 3.04. The van der Waals surface area contributed by atoms with E-state index in [1.54, 1.807) is 35.5 Å². The van der Waals surface area contributed by atoms with Crippen LogP contribution in [0.3, 0.4) is 0 Å². The Labute approximate surface area is 271 Å². The third-order valence-electron chi connectivity index (χ3n) is 8.30. The van der Waals surface area contributed by atoms with Crippen molar-refractivity contribution in [2.45, 2.75) is 65.0 Å². The molecule has 2 N–H and O–H groups in total. The Kier molecular flexibility index (Phi) is 11.9. The number of amides is 3. The Balaban J connectivity index is 1.66. The molecule has 2 aliphatic rings. The molecule has 0 aromatic carbocycles. The molecule has 0 saturated carbocycles. The van der Waals surface area contributed by atoms with Crippen LogP contribution in [0.15, 0.2) is 30.7 Å². The SMILES string of the molecule is COCCCNc1nc(C(C)(C)C)ncc1C(=O)N(CC(C)C)[C@H]1C[C@@H](C(=O)N2CCOCC2c2cccnc2)CN(C(=O)O)C1. The molecular formula is C33H49N7O6. The fraction of sp³-hybridized carbons (Fsp3) is 0.636. The number of methoxy groups -OCH3 is 1. The number of piperidine rings is 1. The molecular weight excluding hydrogens is 590 g/mol. The molecule has 252 valence electrons. The van der Waals surface area contributed by atoms with Crippen molar-refractivity contribution < 1.29 is 29.0 Å². The summed E-state index contributed by atoms with van der Waals surface area (Å²) in [5, 5.41) is 13.4. The first-order chi connectivity index (χ1) is 21.9. The van der Waals surface area contributed by atoms with Gasteiger partial charge in [0.05, 0.1) is 31.2 Å². The highest BCUT2D eigenvalue weighted by atomic mass is 16.5. The molecule has 2 saturated heterocycles. The van der Waals surface area contributed by atoms with Gasteiger partial charge in [-0.25, -0.2) is 14.8 Å². The third kappa shape index (κ3) is 8.69. The number of hydrogen-bond donors (Lipinski definition) is 2. The van der Waals surface area contributed by atoms with Crippen LogP contribution in [-0.2, 0) is 19.7 Å². The van der Waals surface area contributed by atoms with E-state index in [0.717, 1.165) is 12.0 Å². The molecule has 3 amide bonds. The van der Waals surface area contributed by atoms with Crippen LogP contribution in [0.2, 0.25) is 0 Å². The zero-order valence-corrected chi connectivity index (χ0v) is 27.9. The number of rotatable bonds is 11. The van der Waals surface area contributed by atoms with Gasteiger partial charge < -0.3 is 34.6 Å². The van der Waals surface area contributed by atoms with Crippen LogP contribution in [0, 0.1) is 11.8 Å². The summed E-state index contributed by atoms with van der Waals surface area (Å²) in [5.41, 5.74) is 0.832. The van der Waals surface area contributed by atoms with Crippen LogP contribution in [0.25, 0.3) is 0 Å². The van der Waals surface area contributed by atoms with Gasteiger partial charge in [0, 0.05) is 70.4 Å². The molecule has 2 aromatic rings. The van der Waals surface area contributed by atoms with Crippen LogP contribution >= 0.6 is 0 Å². The second-order valence-corrected chi connectivity index (χ2v) is 13.5. The van der Waals surface area contributed by atoms with Crippen molar-refractivity contribution in [1.82, 2.24) is 29.7 Å². The summed E-state index contributed by atoms with van der Waals surface area (Å²) in [6.07, 6.45) is 4.89. The number of aromatic nitrogens is 3. The van der Waals surface area contributed by atoms with Gasteiger partial charge in [0.25, 0.3) is 5.91 Å². The Morgan fingerprint density at radius 3 is 2.65 bits per heavy atom. The molecule has 46 heavy (non-hydrogen) atoms. The molecule has 0 aliphatic carbocycles. The van der Waals surface area contributed by atoms with Crippen LogP contribution in [0.1, 0.15) is 75.2 Å². The van der Waals surface area contributed by atoms with Crippen molar-refractivity contribution in [3.63, 3.8) is 0 Å². The fourth-order valence-corrected chi connectivity index (χ4v) is 5.99. The predicted molar refractivity (Wildman–Crippen MR) is 173 cm³/mol. The fourth-order valence-electron chi connectivity index (χ4n) is 5.99. The lowest BCUT2D eigenvalue weighted by atomic mass is 9.90. The van der Waals surface area contributed by atoms with Crippen LogP contribution < -0.4 is 5.32 Å². The predicted octanol–water partition coefficient (Wildman–Crippen LogP) is 3.68. The second kappa shape index (κ2) is 15.6. The molecule has 2 aromatic heterocycles. The maximum Gasteiger partial charge on any atom is 0.407 e. The van der Waals surface area contributed by atoms with E-state index < -0.39 is 18.1 Å². The van der Waals surface area contributed by atoms with Crippen molar-refractivity contribution in [2.75, 3.05) is 65.0 Å². The topological polar surface area (TPSA) is 150 Å². The standard InChI is InChI=1S/C33H49N7O6/c1-22(2)18-40(30(42)26-17-36-31(33(3,4)5)37-28(26)35-11-8-13-45-6)25-15-24(19-38(20-25)32(43)44)29(41)39-12-14-46-21-27(39)23-9-7-10-34-16-23/h7,9-10,16-17,22,24-25,27H,8,11-15,18-21H2,1-6H3,(H,43,44)(H,35,36,37)/t24-,25+,27?/m1/s1. The summed E-state index contributed by atoms with van der Waals surface area (Å²) in [4.78, 5) is 59.3. The van der Waals surface area contributed by atoms with Crippen molar-refractivity contribution in [3.05, 3.63) is 47.7 Å². The number of ether oxygens (including phenoxy) is 2. The first-order valence-electron chi connectivity index (χ1n) is 16.1. The number of pyridine rings is 1. The summed E-state index contributed by atoms with van der Waals surface area (Å²) >= 11 is 0. The van der Waals surface area contributed by atoms with Crippen molar-refractivity contribution in [1.29, 1.82) is 0 Å². The second-order valence-electron chi connectivity index (χ2n) is 13.5. The van der Waals surface area contributed by atoms with Gasteiger partial charge in [0.15, 0.2) is 0 Å². The average molecular weight is 640 g/mol. The Morgan fingerprint density at radius 1 is 1.22 bits per heavy atom. The number of carbonyl (C=O) groups is 3. The van der Waals surface area contributed by atoms with Gasteiger partial charge in [-0.1, -0.05) is 40.7 Å². The van der Waals surface area contributed by atoms with Crippen LogP contribution in [-0.4, -0.2) is 118 Å². The highest BCUT2D eigenvalue weighted by molar-refractivity contribution is 5.98. The lowest BCUT2D eigenvalue weighted by Crippen LogP contribution is -2.58. The minimum atomic E-state index is -1.12. The van der Waals surface area contributed by atoms with Crippen LogP contribution in [0.4, 0.5) is 10.6 Å². The van der Waals surface area contributed by atoms with E-state index in [2.05, 4.69) is 15.3 Å². The maximum absolute atomic E-state index is 14.4. The van der Waals surface area contributed by atoms with E-state index in [1.807, 2.05) is 46.8 Å². The minimum absolute atomic E-state index is 0.0567. The monoisotopic (exact) mass is 639 g/mol. The van der Waals surface area contributed by atoms with Crippen LogP contribution in [0.5, 0.6) is 0 Å². The summed E-state index contributed by atoms with van der Waals surface area (Å²) in [6.45, 7) is 12.8. The first kappa shape index (κ1) is 35.0. The van der Waals surface area contributed by atoms with Crippen molar-refractivity contribution >= 4 is 23.7 Å². The molecule has 0 bridgehead atoms. The summed E-state index contributed by atoms with van der Waals surface area (Å²) in [6, 6.07) is 2.88. The summed E-state index contributed by atoms with van der Waals surface area (Å²) in [5.74, 6) is 0.0275. The Hall–Kier alpha value is -3.84. The van der Waals surface area contributed by atoms with E-state index in [9.17, 15) is 19.5 Å². The molecule has 13 heteroatoms. The number of nitrogens with one attached hydrogen (secondary N) is 1. The van der Waals surface area contributed by atoms with E-state index in [-0.39, 0.29) is 42.3 Å². The smallest absolute Gasteiger partial charge is 0.407 e. The van der Waals surface area contributed by atoms with E-state index in [0.29, 0.717) is 63.1 Å². The number of hydrogen-bond acceptors (Lipinski definition) is 9. The third-order valence-corrected chi connectivity index (χ3v) is 8.30. The number of likely N-dealkylation sites (tertiary alicyclic amines) is 1. The largest absolute Gasteiger partial charge is 0.465 e. The lowest BCUT2D eigenvalue weighted by Gasteiger charge is -2.44. The molecule has 3 atom stereocenters. The zero-order valence-electron chi connectivity index (χ0n) is 27.9.